The van der Waals surface area contributed by atoms with E-state index in [1.54, 1.807) is 46.6 Å². The zero-order chi connectivity index (χ0) is 55.7. The number of fused-ring (bicyclic) bond motifs is 3. The minimum Gasteiger partial charge on any atom is -0.494 e. The van der Waals surface area contributed by atoms with Crippen molar-refractivity contribution in [1.29, 1.82) is 0 Å². The van der Waals surface area contributed by atoms with E-state index in [1.807, 2.05) is 80.6 Å². The van der Waals surface area contributed by atoms with Crippen molar-refractivity contribution in [3.8, 4) is 10.8 Å². The van der Waals surface area contributed by atoms with Gasteiger partial charge in [-0.25, -0.2) is 0 Å². The van der Waals surface area contributed by atoms with Gasteiger partial charge in [-0.15, -0.1) is 21.5 Å². The number of nitrogens with two attached hydrogens (primary N) is 1. The van der Waals surface area contributed by atoms with Crippen molar-refractivity contribution < 1.29 is 19.1 Å². The summed E-state index contributed by atoms with van der Waals surface area (Å²) in [6.45, 7) is 15.4. The van der Waals surface area contributed by atoms with Crippen LogP contribution in [0.4, 0.5) is 0 Å². The molecule has 3 aliphatic rings. The highest BCUT2D eigenvalue weighted by Crippen LogP contribution is 2.40. The van der Waals surface area contributed by atoms with Gasteiger partial charge in [0.2, 0.25) is 5.91 Å². The number of Topliss-reactive ketones (excluding diaryl/α,β-unsaturated/α-hetero) is 2. The Morgan fingerprint density at radius 1 is 0.747 bits per heavy atom. The summed E-state index contributed by atoms with van der Waals surface area (Å²) in [5.41, 5.74) is 14.9. The quantitative estimate of drug-likeness (QED) is 0.0551. The van der Waals surface area contributed by atoms with Crippen LogP contribution in [0, 0.1) is 27.7 Å². The van der Waals surface area contributed by atoms with Crippen LogP contribution >= 0.6 is 57.7 Å². The predicted octanol–water partition coefficient (Wildman–Crippen LogP) is 12.9. The molecule has 2 atom stereocenters. The van der Waals surface area contributed by atoms with Gasteiger partial charge < -0.3 is 25.2 Å². The van der Waals surface area contributed by atoms with Crippen molar-refractivity contribution in [2.75, 3.05) is 59.0 Å². The second kappa shape index (κ2) is 26.9. The van der Waals surface area contributed by atoms with Gasteiger partial charge in [-0.2, -0.15) is 0 Å². The molecule has 0 spiro atoms. The van der Waals surface area contributed by atoms with Crippen LogP contribution in [0.1, 0.15) is 113 Å². The number of thiophene rings is 1. The minimum absolute atomic E-state index is 0.105. The summed E-state index contributed by atoms with van der Waals surface area (Å²) in [4.78, 5) is 54.6. The SMILES string of the molecule is Cc1ccc(/C=C2\CN(C(=O)[C@@H](N)Cc3ccc(OCCCCCCN4CCN(CCCCC(=O)C[C@@H]5N=C(c6ccc(Cl)cc6)c6c(sc(C)c6C)-n6c(C)nnc65)CC4)cc3)C/C(=C\c3ccc(Cl)c(Cl)c3)C2=O)cc1Cl. The van der Waals surface area contributed by atoms with Crippen molar-refractivity contribution in [1.82, 2.24) is 29.5 Å². The third kappa shape index (κ3) is 14.7. The maximum atomic E-state index is 14.0. The predicted molar refractivity (Wildman–Crippen MR) is 322 cm³/mol. The highest BCUT2D eigenvalue weighted by Gasteiger charge is 2.34. The number of aryl methyl sites for hydroxylation is 3. The Morgan fingerprint density at radius 3 is 2.04 bits per heavy atom. The molecule has 4 aromatic carbocycles. The molecular formula is C62H68Cl4N8O4S. The molecule has 9 rings (SSSR count). The average molecular weight is 1160 g/mol. The third-order valence-electron chi connectivity index (χ3n) is 15.2. The smallest absolute Gasteiger partial charge is 0.240 e. The highest BCUT2D eigenvalue weighted by atomic mass is 35.5. The normalized spacial score (nSPS) is 17.4. The Balaban J connectivity index is 0.659. The van der Waals surface area contributed by atoms with E-state index >= 15 is 0 Å². The molecule has 2 aromatic heterocycles. The molecule has 0 unspecified atom stereocenters. The molecule has 17 heteroatoms. The van der Waals surface area contributed by atoms with E-state index in [1.165, 1.54) is 10.4 Å². The van der Waals surface area contributed by atoms with Gasteiger partial charge in [-0.05, 0) is 155 Å². The Bertz CT molecular complexity index is 3200. The fourth-order valence-electron chi connectivity index (χ4n) is 10.5. The molecule has 2 saturated heterocycles. The molecule has 414 valence electrons. The molecule has 6 aromatic rings. The van der Waals surface area contributed by atoms with Crippen LogP contribution in [0.2, 0.25) is 20.1 Å². The van der Waals surface area contributed by atoms with Crippen LogP contribution in [0.5, 0.6) is 5.75 Å². The van der Waals surface area contributed by atoms with Gasteiger partial charge in [-0.1, -0.05) is 102 Å². The summed E-state index contributed by atoms with van der Waals surface area (Å²) in [5, 5.41) is 12.1. The van der Waals surface area contributed by atoms with Crippen LogP contribution in [0.15, 0.2) is 101 Å². The lowest BCUT2D eigenvalue weighted by molar-refractivity contribution is -0.132. The minimum atomic E-state index is -0.823. The number of halogens is 4. The number of rotatable bonds is 21. The van der Waals surface area contributed by atoms with Crippen molar-refractivity contribution in [3.63, 3.8) is 0 Å². The second-order valence-corrected chi connectivity index (χ2v) is 23.9. The number of hydrogen-bond donors (Lipinski definition) is 1. The van der Waals surface area contributed by atoms with Crippen molar-refractivity contribution in [2.45, 2.75) is 97.6 Å². The van der Waals surface area contributed by atoms with Crippen molar-refractivity contribution >= 4 is 93.1 Å². The molecule has 0 radical (unpaired) electrons. The number of likely N-dealkylation sites (tertiary alicyclic amines) is 1. The Labute approximate surface area is 488 Å². The summed E-state index contributed by atoms with van der Waals surface area (Å²) in [6.07, 6.45) is 10.9. The largest absolute Gasteiger partial charge is 0.494 e. The van der Waals surface area contributed by atoms with Crippen molar-refractivity contribution in [2.24, 2.45) is 10.7 Å². The second-order valence-electron chi connectivity index (χ2n) is 21.0. The fourth-order valence-corrected chi connectivity index (χ4v) is 12.4. The van der Waals surface area contributed by atoms with Gasteiger partial charge in [-0.3, -0.25) is 23.9 Å². The number of piperidine rings is 1. The van der Waals surface area contributed by atoms with Crippen LogP contribution in [-0.4, -0.2) is 118 Å². The standard InChI is InChI=1S/C62H68Cl4N8O4S/c1-39-12-13-44(33-53(39)65)31-47-37-73(38-48(59(47)76)32-45-16-23-52(64)54(66)34-45)61(77)55(67)35-43-14-21-51(22-15-43)78-30-10-6-5-8-24-71-26-28-72(29-27-71)25-9-7-11-50(75)36-56-60-70-69-42(4)74(60)62-57(40(2)41(3)79-62)58(68-56)46-17-19-49(63)20-18-46/h12-23,31-34,55-56H,5-11,24-30,35-38,67H2,1-4H3/b47-31+,48-32+/t55-,56-/m0/s1. The number of aliphatic imine (C=N–C) groups is 1. The van der Waals surface area contributed by atoms with Crippen LogP contribution in [-0.2, 0) is 20.8 Å². The average Bonchev–Trinajstić information content (AvgIpc) is 4.16. The maximum Gasteiger partial charge on any atom is 0.240 e. The molecule has 79 heavy (non-hydrogen) atoms. The first-order valence-electron chi connectivity index (χ1n) is 27.3. The highest BCUT2D eigenvalue weighted by molar-refractivity contribution is 7.15. The molecule has 1 amide bonds. The Morgan fingerprint density at radius 2 is 1.38 bits per heavy atom. The monoisotopic (exact) mass is 1160 g/mol. The molecule has 5 heterocycles. The van der Waals surface area contributed by atoms with E-state index in [9.17, 15) is 14.4 Å². The maximum absolute atomic E-state index is 14.0. The topological polar surface area (TPSA) is 139 Å². The zero-order valence-corrected chi connectivity index (χ0v) is 49.2. The van der Waals surface area contributed by atoms with Crippen molar-refractivity contribution in [3.05, 3.63) is 172 Å². The van der Waals surface area contributed by atoms with E-state index in [0.29, 0.717) is 56.2 Å². The summed E-state index contributed by atoms with van der Waals surface area (Å²) in [5.74, 6) is 2.07. The summed E-state index contributed by atoms with van der Waals surface area (Å²) in [6, 6.07) is 25.1. The number of ether oxygens (including phenoxy) is 1. The Hall–Kier alpha value is -5.48. The number of carbonyl (C=O) groups excluding carboxylic acids is 3. The summed E-state index contributed by atoms with van der Waals surface area (Å²) >= 11 is 26.9. The van der Waals surface area contributed by atoms with E-state index in [-0.39, 0.29) is 37.0 Å². The van der Waals surface area contributed by atoms with Crippen LogP contribution in [0.25, 0.3) is 17.2 Å². The Kier molecular flexibility index (Phi) is 19.8. The number of nitrogens with zero attached hydrogens (tertiary/aromatic N) is 7. The first-order valence-corrected chi connectivity index (χ1v) is 29.7. The van der Waals surface area contributed by atoms with E-state index in [0.717, 1.165) is 134 Å². The summed E-state index contributed by atoms with van der Waals surface area (Å²) < 4.78 is 8.20. The first-order chi connectivity index (χ1) is 38.1. The van der Waals surface area contributed by atoms with Gasteiger partial charge in [0, 0.05) is 89.3 Å². The molecule has 2 fully saturated rings. The molecule has 12 nitrogen and oxygen atoms in total. The zero-order valence-electron chi connectivity index (χ0n) is 45.4. The van der Waals surface area contributed by atoms with Gasteiger partial charge in [0.15, 0.2) is 11.6 Å². The summed E-state index contributed by atoms with van der Waals surface area (Å²) in [7, 11) is 0. The lowest BCUT2D eigenvalue weighted by Gasteiger charge is -2.34. The van der Waals surface area contributed by atoms with Gasteiger partial charge in [0.1, 0.15) is 28.4 Å². The van der Waals surface area contributed by atoms with Gasteiger partial charge in [0.05, 0.1) is 28.4 Å². The third-order valence-corrected chi connectivity index (χ3v) is 17.8. The number of aromatic nitrogens is 3. The fraction of sp³-hybridized carbons (Fsp3) is 0.387. The number of ketones is 2. The number of amides is 1. The number of carbonyl (C=O) groups is 3. The molecule has 3 aliphatic heterocycles. The number of unbranched alkanes of at least 4 members (excludes halogenated alkanes) is 4. The molecular weight excluding hydrogens is 1090 g/mol. The van der Waals surface area contributed by atoms with E-state index < -0.39 is 12.1 Å². The molecule has 0 bridgehead atoms. The lowest BCUT2D eigenvalue weighted by atomic mass is 9.93. The number of piperazine rings is 1. The lowest BCUT2D eigenvalue weighted by Crippen LogP contribution is -2.49. The first kappa shape index (κ1) is 58.2. The number of hydrogen-bond acceptors (Lipinski definition) is 11. The van der Waals surface area contributed by atoms with Crippen LogP contribution in [0.3, 0.4) is 0 Å². The van der Waals surface area contributed by atoms with Crippen LogP contribution < -0.4 is 10.5 Å². The van der Waals surface area contributed by atoms with E-state index in [4.69, 9.17) is 61.9 Å². The molecule has 0 aliphatic carbocycles. The molecule has 2 N–H and O–H groups in total. The van der Waals surface area contributed by atoms with E-state index in [2.05, 4.69) is 38.4 Å². The number of benzene rings is 4. The van der Waals surface area contributed by atoms with Gasteiger partial charge >= 0.3 is 0 Å². The molecule has 0 saturated carbocycles. The van der Waals surface area contributed by atoms with Gasteiger partial charge in [0.25, 0.3) is 0 Å².